The summed E-state index contributed by atoms with van der Waals surface area (Å²) in [4.78, 5) is 38.1. The van der Waals surface area contributed by atoms with Crippen LogP contribution in [0, 0.1) is 26.9 Å². The number of carbonyl (C=O) groups excluding carboxylic acids is 1. The van der Waals surface area contributed by atoms with Gasteiger partial charge in [-0.1, -0.05) is 19.4 Å². The molecule has 0 atom stereocenters. The number of halogens is 1. The molecule has 10 rings (SSSR count). The molecule has 3 saturated carbocycles. The number of nitro groups is 1. The van der Waals surface area contributed by atoms with E-state index in [1.54, 1.807) is 29.5 Å². The molecule has 7 N–H and O–H groups in total. The van der Waals surface area contributed by atoms with Gasteiger partial charge in [-0.05, 0) is 43.9 Å². The molecule has 60 heavy (non-hydrogen) atoms. The summed E-state index contributed by atoms with van der Waals surface area (Å²) in [7, 11) is 0. The molecule has 4 aromatic rings. The number of amides is 1. The van der Waals surface area contributed by atoms with Gasteiger partial charge in [0.2, 0.25) is 0 Å². The van der Waals surface area contributed by atoms with Crippen LogP contribution in [0.4, 0.5) is 21.5 Å². The van der Waals surface area contributed by atoms with Crippen LogP contribution in [0.3, 0.4) is 0 Å². The van der Waals surface area contributed by atoms with E-state index < -0.39 is 27.1 Å². The zero-order valence-electron chi connectivity index (χ0n) is 34.4. The standard InChI is InChI=1S/C32H38FN5O2.C12H15N2O3.2H2O.Sn/c1-30(2)7-5-22(26(15-30)31-18-32(33,19-31)20-31)17-37-9-11-38(12-10-37)23-3-4-25(28(34)39)27(14-23)40-24-13-21-6-8-35-29(21)36-16-24;15-14(16)12-4-2-1-3-11(12)13-9-10-5-7-17-8-6-10;;;/h3-4,6,8,13-14,16H,5,7,9-12,15,17-20H2,1-2H3,(H3,34,35,36,39);1,3-4,10,13H,5-9H2;2*1H2;/q;;;;+1/p-1. The Labute approximate surface area is 360 Å². The molecule has 2 aliphatic heterocycles. The Bertz CT molecular complexity index is 2230. The number of fused-ring (bicyclic) bond motifs is 1. The fourth-order valence-corrected chi connectivity index (χ4v) is 12.1. The summed E-state index contributed by atoms with van der Waals surface area (Å²) in [5, 5.41) is 16.2. The minimum Gasteiger partial charge on any atom is -0.412 e. The Kier molecular flexibility index (Phi) is 12.8. The first-order valence-corrected chi connectivity index (χ1v) is 23.6. The van der Waals surface area contributed by atoms with Crippen molar-refractivity contribution in [1.29, 1.82) is 0 Å². The average molecular weight is 933 g/mol. The zero-order chi connectivity index (χ0) is 40.1. The van der Waals surface area contributed by atoms with Crippen LogP contribution in [0.1, 0.15) is 75.6 Å². The zero-order valence-corrected chi connectivity index (χ0v) is 37.2. The van der Waals surface area contributed by atoms with Crippen LogP contribution in [0.25, 0.3) is 11.0 Å². The number of anilines is 2. The number of allylic oxidation sites excluding steroid dienone is 1. The van der Waals surface area contributed by atoms with Crippen LogP contribution in [0.15, 0.2) is 72.1 Å². The third-order valence-corrected chi connectivity index (χ3v) is 15.9. The maximum absolute atomic E-state index is 14.7. The molecule has 2 bridgehead atoms. The smallest absolute Gasteiger partial charge is 0.113 e. The van der Waals surface area contributed by atoms with Crippen LogP contribution < -0.4 is 22.1 Å². The van der Waals surface area contributed by atoms with Gasteiger partial charge in [-0.25, -0.2) is 4.39 Å². The normalized spacial score (nSPS) is 23.8. The van der Waals surface area contributed by atoms with Gasteiger partial charge in [-0.3, -0.25) is 0 Å². The van der Waals surface area contributed by atoms with E-state index in [0.29, 0.717) is 35.2 Å². The van der Waals surface area contributed by atoms with Crippen molar-refractivity contribution < 1.29 is 34.5 Å². The van der Waals surface area contributed by atoms with Gasteiger partial charge in [-0.2, -0.15) is 0 Å². The molecular formula is C44H56FN7O7Sn. The van der Waals surface area contributed by atoms with Crippen molar-refractivity contribution in [2.45, 2.75) is 70.9 Å². The number of hydrogen-bond acceptors (Lipinski definition) is 9. The van der Waals surface area contributed by atoms with Crippen molar-refractivity contribution >= 4 is 59.0 Å². The number of aromatic amines is 1. The number of nitrogens with one attached hydrogen (secondary N) is 3. The molecule has 1 amide bonds. The Morgan fingerprint density at radius 2 is 1.83 bits per heavy atom. The summed E-state index contributed by atoms with van der Waals surface area (Å²) in [6.07, 6.45) is 10.9. The first kappa shape index (κ1) is 43.8. The number of rotatable bonds is 13. The summed E-state index contributed by atoms with van der Waals surface area (Å²) in [5.41, 5.74) is 5.28. The summed E-state index contributed by atoms with van der Waals surface area (Å²) >= 11 is -1.78. The number of H-pyrrole nitrogens is 1. The summed E-state index contributed by atoms with van der Waals surface area (Å²) in [6, 6.07) is 14.8. The van der Waals surface area contributed by atoms with E-state index in [4.69, 9.17) is 9.47 Å². The molecule has 6 aliphatic rings. The first-order valence-electron chi connectivity index (χ1n) is 20.7. The molecule has 4 heterocycles. The molecule has 2 aromatic heterocycles. The van der Waals surface area contributed by atoms with Gasteiger partial charge in [0.15, 0.2) is 0 Å². The number of hydrogen-bond donors (Lipinski definition) is 3. The number of alkyl halides is 1. The van der Waals surface area contributed by atoms with E-state index in [9.17, 15) is 19.3 Å². The molecule has 5 fully saturated rings. The Morgan fingerprint density at radius 3 is 2.57 bits per heavy atom. The predicted molar refractivity (Wildman–Crippen MR) is 231 cm³/mol. The predicted octanol–water partition coefficient (Wildman–Crippen LogP) is 5.65. The second-order valence-electron chi connectivity index (χ2n) is 18.0. The van der Waals surface area contributed by atoms with Gasteiger partial charge in [-0.15, -0.1) is 0 Å². The molecule has 4 aliphatic carbocycles. The van der Waals surface area contributed by atoms with Crippen molar-refractivity contribution in [2.24, 2.45) is 16.7 Å². The largest absolute Gasteiger partial charge is 0.412 e. The van der Waals surface area contributed by atoms with Crippen molar-refractivity contribution in [1.82, 2.24) is 18.4 Å². The topological polar surface area (TPSA) is 201 Å². The molecule has 0 unspecified atom stereocenters. The molecule has 16 heteroatoms. The van der Waals surface area contributed by atoms with Crippen LogP contribution in [-0.2, 0) is 4.74 Å². The molecule has 2 saturated heterocycles. The number of benzene rings is 2. The fourth-order valence-electron chi connectivity index (χ4n) is 9.88. The van der Waals surface area contributed by atoms with Gasteiger partial charge in [0.25, 0.3) is 0 Å². The van der Waals surface area contributed by atoms with E-state index in [1.807, 2.05) is 42.6 Å². The third-order valence-electron chi connectivity index (χ3n) is 13.2. The summed E-state index contributed by atoms with van der Waals surface area (Å²) in [6.45, 7) is 11.3. The van der Waals surface area contributed by atoms with Gasteiger partial charge in [0.1, 0.15) is 5.67 Å². The maximum atomic E-state index is 14.7. The van der Waals surface area contributed by atoms with E-state index in [2.05, 4.69) is 42.5 Å². The Morgan fingerprint density at radius 1 is 1.07 bits per heavy atom. The van der Waals surface area contributed by atoms with Crippen LogP contribution in [0.2, 0.25) is 0 Å². The maximum Gasteiger partial charge on any atom is 0.113 e. The van der Waals surface area contributed by atoms with Crippen molar-refractivity contribution in [3.8, 4) is 11.5 Å². The summed E-state index contributed by atoms with van der Waals surface area (Å²) < 4.78 is 30.5. The fraction of sp³-hybridized carbons (Fsp3) is 0.500. The van der Waals surface area contributed by atoms with Gasteiger partial charge >= 0.3 is 272 Å². The van der Waals surface area contributed by atoms with Crippen molar-refractivity contribution in [2.75, 3.05) is 62.7 Å². The molecule has 320 valence electrons. The minimum absolute atomic E-state index is 0. The van der Waals surface area contributed by atoms with Crippen LogP contribution >= 0.6 is 0 Å². The second-order valence-corrected chi connectivity index (χ2v) is 21.1. The van der Waals surface area contributed by atoms with E-state index in [1.165, 1.54) is 6.42 Å². The van der Waals surface area contributed by atoms with Crippen molar-refractivity contribution in [3.05, 3.63) is 87.7 Å². The molecule has 2 radical (unpaired) electrons. The molecule has 0 spiro atoms. The Balaban J connectivity index is 0.00000272. The summed E-state index contributed by atoms with van der Waals surface area (Å²) in [5.74, 6) is 1.08. The number of nitro benzene ring substituents is 1. The number of ether oxygens (including phenoxy) is 2. The van der Waals surface area contributed by atoms with Crippen LogP contribution in [0.5, 0.6) is 11.5 Å². The quantitative estimate of drug-likeness (QED) is 0.0656. The number of carbonyl (C=O) groups is 1. The molecule has 14 nitrogen and oxygen atoms in total. The Hall–Kier alpha value is -4.29. The molecule has 2 aromatic carbocycles. The van der Waals surface area contributed by atoms with E-state index in [-0.39, 0.29) is 38.3 Å². The van der Waals surface area contributed by atoms with Crippen molar-refractivity contribution in [3.63, 3.8) is 0 Å². The number of nitrogens with zero attached hydrogens (tertiary/aromatic N) is 4. The minimum atomic E-state index is -1.78. The second kappa shape index (κ2) is 17.6. The number of piperazine rings is 1. The van der Waals surface area contributed by atoms with E-state index >= 15 is 0 Å². The third kappa shape index (κ3) is 9.15. The molecular weight excluding hydrogens is 876 g/mol. The van der Waals surface area contributed by atoms with E-state index in [0.717, 1.165) is 111 Å². The number of aromatic nitrogens is 2. The monoisotopic (exact) mass is 933 g/mol. The average Bonchev–Trinajstić information content (AvgIpc) is 3.67. The number of pyridine rings is 1. The van der Waals surface area contributed by atoms with Crippen LogP contribution in [-0.4, -0.2) is 116 Å². The van der Waals surface area contributed by atoms with Gasteiger partial charge in [0.05, 0.1) is 0 Å². The SMILES string of the molecule is CC1(C)CCC(CN2CCN(c3ccc(C(=O)[NH][Sn][c]4ccc(NCC5CCOCC5)c([N+](=O)[O-])c4)c(Oc4cnc5[nH]ccc5c4)c3)CC2)=C(C23CC(F)(C2)C3)C1.O.O. The van der Waals surface area contributed by atoms with Gasteiger partial charge < -0.3 is 11.0 Å². The first-order chi connectivity index (χ1) is 27.9. The van der Waals surface area contributed by atoms with Gasteiger partial charge in [0, 0.05) is 5.41 Å².